The molecule has 0 aliphatic carbocycles. The Morgan fingerprint density at radius 3 is 2.35 bits per heavy atom. The molecule has 1 fully saturated rings. The minimum Gasteiger partial charge on any atom is -0.318 e. The SMILES string of the molecule is Cc1cccc(C(=O)NC(N2CCCC[C@@H]2c2cccnc2)(C(F)(F)F)C(F)(F)F)c1. The molecule has 1 amide bonds. The van der Waals surface area contributed by atoms with Crippen molar-refractivity contribution in [1.82, 2.24) is 15.2 Å². The number of piperidine rings is 1. The summed E-state index contributed by atoms with van der Waals surface area (Å²) in [4.78, 5) is 16.8. The summed E-state index contributed by atoms with van der Waals surface area (Å²) >= 11 is 0. The zero-order chi connectivity index (χ0) is 22.9. The predicted octanol–water partition coefficient (Wildman–Crippen LogP) is 5.17. The third-order valence-electron chi connectivity index (χ3n) is 5.40. The van der Waals surface area contributed by atoms with Crippen LogP contribution in [-0.4, -0.2) is 40.4 Å². The summed E-state index contributed by atoms with van der Waals surface area (Å²) in [5.41, 5.74) is -4.08. The molecule has 0 saturated carbocycles. The highest BCUT2D eigenvalue weighted by atomic mass is 19.4. The van der Waals surface area contributed by atoms with Crippen molar-refractivity contribution >= 4 is 5.91 Å². The smallest absolute Gasteiger partial charge is 0.318 e. The van der Waals surface area contributed by atoms with Crippen LogP contribution in [0.1, 0.15) is 46.8 Å². The van der Waals surface area contributed by atoms with Gasteiger partial charge < -0.3 is 5.32 Å². The molecule has 168 valence electrons. The van der Waals surface area contributed by atoms with Gasteiger partial charge in [0.25, 0.3) is 11.6 Å². The van der Waals surface area contributed by atoms with Crippen LogP contribution in [0.4, 0.5) is 26.3 Å². The van der Waals surface area contributed by atoms with Gasteiger partial charge in [0, 0.05) is 30.5 Å². The van der Waals surface area contributed by atoms with E-state index in [-0.39, 0.29) is 24.0 Å². The number of hydrogen-bond donors (Lipinski definition) is 1. The number of rotatable bonds is 4. The van der Waals surface area contributed by atoms with E-state index in [2.05, 4.69) is 4.98 Å². The lowest BCUT2D eigenvalue weighted by Crippen LogP contribution is -2.77. The number of amides is 1. The molecule has 2 heterocycles. The summed E-state index contributed by atoms with van der Waals surface area (Å²) in [6.07, 6.45) is -8.37. The van der Waals surface area contributed by atoms with E-state index in [1.807, 2.05) is 0 Å². The van der Waals surface area contributed by atoms with Gasteiger partial charge in [-0.05, 0) is 43.5 Å². The van der Waals surface area contributed by atoms with Gasteiger partial charge in [0.05, 0.1) is 0 Å². The Morgan fingerprint density at radius 2 is 1.77 bits per heavy atom. The lowest BCUT2D eigenvalue weighted by Gasteiger charge is -2.50. The maximum absolute atomic E-state index is 14.3. The molecule has 0 spiro atoms. The van der Waals surface area contributed by atoms with Crippen LogP contribution in [-0.2, 0) is 0 Å². The molecule has 1 aromatic heterocycles. The summed E-state index contributed by atoms with van der Waals surface area (Å²) in [7, 11) is 0. The number of carbonyl (C=O) groups excluding carboxylic acids is 1. The van der Waals surface area contributed by atoms with Gasteiger partial charge in [-0.3, -0.25) is 14.7 Å². The molecule has 4 nitrogen and oxygen atoms in total. The van der Waals surface area contributed by atoms with E-state index in [1.54, 1.807) is 13.0 Å². The Morgan fingerprint density at radius 1 is 1.06 bits per heavy atom. The second kappa shape index (κ2) is 8.49. The van der Waals surface area contributed by atoms with E-state index < -0.39 is 36.5 Å². The molecule has 1 aliphatic heterocycles. The molecular weight excluding hydrogens is 424 g/mol. The number of nitrogens with one attached hydrogen (secondary N) is 1. The normalized spacial score (nSPS) is 18.6. The first kappa shape index (κ1) is 23.1. The molecule has 1 aliphatic rings. The van der Waals surface area contributed by atoms with E-state index in [4.69, 9.17) is 0 Å². The number of aromatic nitrogens is 1. The number of likely N-dealkylation sites (tertiary alicyclic amines) is 1. The van der Waals surface area contributed by atoms with Crippen LogP contribution in [0.2, 0.25) is 0 Å². The van der Waals surface area contributed by atoms with E-state index in [1.165, 1.54) is 48.0 Å². The lowest BCUT2D eigenvalue weighted by molar-refractivity contribution is -0.356. The van der Waals surface area contributed by atoms with Crippen LogP contribution in [0.15, 0.2) is 48.8 Å². The van der Waals surface area contributed by atoms with Gasteiger partial charge in [0.2, 0.25) is 0 Å². The average Bonchev–Trinajstić information content (AvgIpc) is 2.70. The van der Waals surface area contributed by atoms with Crippen LogP contribution in [0.25, 0.3) is 0 Å². The fraction of sp³-hybridized carbons (Fsp3) is 0.429. The van der Waals surface area contributed by atoms with Crippen molar-refractivity contribution in [2.75, 3.05) is 6.54 Å². The van der Waals surface area contributed by atoms with Crippen LogP contribution in [0.3, 0.4) is 0 Å². The first-order chi connectivity index (χ1) is 14.5. The third-order valence-corrected chi connectivity index (χ3v) is 5.40. The van der Waals surface area contributed by atoms with Crippen molar-refractivity contribution in [1.29, 1.82) is 0 Å². The summed E-state index contributed by atoms with van der Waals surface area (Å²) in [5.74, 6) is -1.45. The number of carbonyl (C=O) groups is 1. The monoisotopic (exact) mass is 445 g/mol. The van der Waals surface area contributed by atoms with Crippen molar-refractivity contribution < 1.29 is 31.1 Å². The highest BCUT2D eigenvalue weighted by molar-refractivity contribution is 5.95. The van der Waals surface area contributed by atoms with Crippen molar-refractivity contribution in [3.05, 3.63) is 65.5 Å². The fourth-order valence-electron chi connectivity index (χ4n) is 3.98. The Hall–Kier alpha value is -2.62. The van der Waals surface area contributed by atoms with Crippen LogP contribution < -0.4 is 5.32 Å². The van der Waals surface area contributed by atoms with Crippen molar-refractivity contribution in [3.63, 3.8) is 0 Å². The lowest BCUT2D eigenvalue weighted by atomic mass is 9.91. The molecule has 31 heavy (non-hydrogen) atoms. The van der Waals surface area contributed by atoms with E-state index in [0.29, 0.717) is 16.9 Å². The number of hydrogen-bond acceptors (Lipinski definition) is 3. The molecule has 3 rings (SSSR count). The second-order valence-electron chi connectivity index (χ2n) is 7.52. The summed E-state index contributed by atoms with van der Waals surface area (Å²) < 4.78 is 85.8. The number of aryl methyl sites for hydroxylation is 1. The summed E-state index contributed by atoms with van der Waals surface area (Å²) in [6, 6.07) is 7.07. The van der Waals surface area contributed by atoms with E-state index in [0.717, 1.165) is 0 Å². The first-order valence-electron chi connectivity index (χ1n) is 9.66. The van der Waals surface area contributed by atoms with Gasteiger partial charge in [-0.2, -0.15) is 26.3 Å². The largest absolute Gasteiger partial charge is 0.434 e. The predicted molar refractivity (Wildman–Crippen MR) is 101 cm³/mol. The Bertz CT molecular complexity index is 899. The van der Waals surface area contributed by atoms with Gasteiger partial charge in [-0.15, -0.1) is 0 Å². The van der Waals surface area contributed by atoms with Gasteiger partial charge >= 0.3 is 12.4 Å². The van der Waals surface area contributed by atoms with E-state index >= 15 is 0 Å². The average molecular weight is 445 g/mol. The molecule has 1 aromatic carbocycles. The van der Waals surface area contributed by atoms with Crippen LogP contribution in [0, 0.1) is 6.92 Å². The molecule has 10 heteroatoms. The van der Waals surface area contributed by atoms with Gasteiger partial charge in [-0.25, -0.2) is 0 Å². The number of halogens is 6. The van der Waals surface area contributed by atoms with Crippen LogP contribution in [0.5, 0.6) is 0 Å². The Labute approximate surface area is 175 Å². The molecule has 1 saturated heterocycles. The van der Waals surface area contributed by atoms with Crippen LogP contribution >= 0.6 is 0 Å². The topological polar surface area (TPSA) is 45.2 Å². The highest BCUT2D eigenvalue weighted by Gasteiger charge is 2.76. The molecule has 2 aromatic rings. The highest BCUT2D eigenvalue weighted by Crippen LogP contribution is 2.50. The van der Waals surface area contributed by atoms with Gasteiger partial charge in [0.15, 0.2) is 0 Å². The molecular formula is C21H21F6N3O. The Balaban J connectivity index is 2.14. The molecule has 0 bridgehead atoms. The van der Waals surface area contributed by atoms with Crippen molar-refractivity contribution in [2.24, 2.45) is 0 Å². The zero-order valence-electron chi connectivity index (χ0n) is 16.6. The maximum Gasteiger partial charge on any atom is 0.434 e. The Kier molecular flexibility index (Phi) is 6.31. The minimum atomic E-state index is -5.83. The van der Waals surface area contributed by atoms with Gasteiger partial charge in [0.1, 0.15) is 0 Å². The zero-order valence-corrected chi connectivity index (χ0v) is 16.6. The number of nitrogens with zero attached hydrogens (tertiary/aromatic N) is 2. The molecule has 0 unspecified atom stereocenters. The first-order valence-corrected chi connectivity index (χ1v) is 9.66. The molecule has 1 atom stereocenters. The number of benzene rings is 1. The summed E-state index contributed by atoms with van der Waals surface area (Å²) in [6.45, 7) is 1.09. The number of alkyl halides is 6. The van der Waals surface area contributed by atoms with E-state index in [9.17, 15) is 31.1 Å². The van der Waals surface area contributed by atoms with Gasteiger partial charge in [-0.1, -0.05) is 30.2 Å². The maximum atomic E-state index is 14.3. The van der Waals surface area contributed by atoms with Crippen molar-refractivity contribution in [2.45, 2.75) is 50.2 Å². The fourth-order valence-corrected chi connectivity index (χ4v) is 3.98. The summed E-state index contributed by atoms with van der Waals surface area (Å²) in [5, 5.41) is 1.34. The van der Waals surface area contributed by atoms with Crippen molar-refractivity contribution in [3.8, 4) is 0 Å². The second-order valence-corrected chi connectivity index (χ2v) is 7.52. The number of pyridine rings is 1. The standard InChI is InChI=1S/C21H21F6N3O/c1-14-6-4-7-15(12-14)18(31)29-19(20(22,23)24,21(25,26)27)30-11-3-2-9-17(30)16-8-5-10-28-13-16/h4-8,10,12-13,17H,2-3,9,11H2,1H3,(H,29,31)/t17-/m1/s1. The minimum absolute atomic E-state index is 0.0694. The molecule has 1 N–H and O–H groups in total. The third kappa shape index (κ3) is 4.39. The quantitative estimate of drug-likeness (QED) is 0.661. The molecule has 0 radical (unpaired) electrons.